The number of hydrogen-bond donors (Lipinski definition) is 0. The van der Waals surface area contributed by atoms with Crippen LogP contribution in [0.15, 0.2) is 41.1 Å². The standard InChI is InChI=1S/C14H11BrClNO/c1-9-12(3-2-4-13(9)16)14(18)6-10-5-11(15)8-17-7-10/h2-5,7-8H,6H2,1H3. The van der Waals surface area contributed by atoms with Crippen molar-refractivity contribution in [2.75, 3.05) is 0 Å². The summed E-state index contributed by atoms with van der Waals surface area (Å²) in [5.74, 6) is 0.0508. The average Bonchev–Trinajstić information content (AvgIpc) is 2.32. The number of rotatable bonds is 3. The van der Waals surface area contributed by atoms with E-state index in [4.69, 9.17) is 11.6 Å². The molecule has 0 aliphatic heterocycles. The third-order valence-corrected chi connectivity index (χ3v) is 3.54. The van der Waals surface area contributed by atoms with Crippen molar-refractivity contribution < 1.29 is 4.79 Å². The van der Waals surface area contributed by atoms with E-state index in [1.165, 1.54) is 0 Å². The predicted molar refractivity (Wildman–Crippen MR) is 76.2 cm³/mol. The summed E-state index contributed by atoms with van der Waals surface area (Å²) in [6.45, 7) is 1.86. The van der Waals surface area contributed by atoms with Crippen LogP contribution < -0.4 is 0 Å². The summed E-state index contributed by atoms with van der Waals surface area (Å²) in [4.78, 5) is 16.2. The molecule has 0 unspecified atom stereocenters. The van der Waals surface area contributed by atoms with Crippen LogP contribution in [-0.2, 0) is 6.42 Å². The van der Waals surface area contributed by atoms with Gasteiger partial charge in [-0.1, -0.05) is 23.7 Å². The van der Waals surface area contributed by atoms with Gasteiger partial charge in [-0.25, -0.2) is 0 Å². The molecule has 92 valence electrons. The summed E-state index contributed by atoms with van der Waals surface area (Å²) >= 11 is 9.35. The van der Waals surface area contributed by atoms with E-state index in [0.717, 1.165) is 15.6 Å². The minimum absolute atomic E-state index is 0.0508. The first-order valence-corrected chi connectivity index (χ1v) is 6.63. The van der Waals surface area contributed by atoms with E-state index in [1.54, 1.807) is 30.6 Å². The smallest absolute Gasteiger partial charge is 0.167 e. The number of benzene rings is 1. The molecule has 0 N–H and O–H groups in total. The Morgan fingerprint density at radius 3 is 2.89 bits per heavy atom. The lowest BCUT2D eigenvalue weighted by Crippen LogP contribution is -2.06. The molecule has 1 heterocycles. The molecule has 1 aromatic heterocycles. The Kier molecular flexibility index (Phi) is 4.15. The maximum Gasteiger partial charge on any atom is 0.167 e. The van der Waals surface area contributed by atoms with Gasteiger partial charge >= 0.3 is 0 Å². The van der Waals surface area contributed by atoms with Crippen LogP contribution in [0.25, 0.3) is 0 Å². The fourth-order valence-electron chi connectivity index (χ4n) is 1.74. The summed E-state index contributed by atoms with van der Waals surface area (Å²) < 4.78 is 0.871. The molecule has 0 amide bonds. The number of halogens is 2. The third-order valence-electron chi connectivity index (χ3n) is 2.69. The van der Waals surface area contributed by atoms with Gasteiger partial charge < -0.3 is 0 Å². The van der Waals surface area contributed by atoms with Crippen molar-refractivity contribution in [1.29, 1.82) is 0 Å². The van der Waals surface area contributed by atoms with Crippen molar-refractivity contribution in [3.8, 4) is 0 Å². The quantitative estimate of drug-likeness (QED) is 0.791. The van der Waals surface area contributed by atoms with Crippen LogP contribution in [0.1, 0.15) is 21.5 Å². The zero-order chi connectivity index (χ0) is 13.1. The Balaban J connectivity index is 2.25. The van der Waals surface area contributed by atoms with Gasteiger partial charge in [-0.2, -0.15) is 0 Å². The van der Waals surface area contributed by atoms with E-state index in [9.17, 15) is 4.79 Å². The van der Waals surface area contributed by atoms with Crippen LogP contribution in [0.2, 0.25) is 5.02 Å². The van der Waals surface area contributed by atoms with E-state index in [0.29, 0.717) is 17.0 Å². The number of ketones is 1. The van der Waals surface area contributed by atoms with Gasteiger partial charge in [0.05, 0.1) is 0 Å². The lowest BCUT2D eigenvalue weighted by atomic mass is 10.00. The Labute approximate surface area is 119 Å². The Morgan fingerprint density at radius 1 is 1.39 bits per heavy atom. The monoisotopic (exact) mass is 323 g/mol. The third kappa shape index (κ3) is 2.98. The molecule has 0 fully saturated rings. The first-order valence-electron chi connectivity index (χ1n) is 5.45. The molecule has 2 nitrogen and oxygen atoms in total. The van der Waals surface area contributed by atoms with Gasteiger partial charge in [0, 0.05) is 33.9 Å². The predicted octanol–water partition coefficient (Wildman–Crippen LogP) is 4.23. The molecule has 0 bridgehead atoms. The highest BCUT2D eigenvalue weighted by Crippen LogP contribution is 2.20. The minimum Gasteiger partial charge on any atom is -0.294 e. The molecule has 0 saturated carbocycles. The van der Waals surface area contributed by atoms with E-state index in [1.807, 2.05) is 13.0 Å². The highest BCUT2D eigenvalue weighted by Gasteiger charge is 2.11. The fourth-order valence-corrected chi connectivity index (χ4v) is 2.33. The number of pyridine rings is 1. The Bertz CT molecular complexity index is 598. The van der Waals surface area contributed by atoms with Crippen LogP contribution in [0.5, 0.6) is 0 Å². The van der Waals surface area contributed by atoms with Crippen LogP contribution in [0, 0.1) is 6.92 Å². The number of carbonyl (C=O) groups excluding carboxylic acids is 1. The van der Waals surface area contributed by atoms with Crippen molar-refractivity contribution >= 4 is 33.3 Å². The minimum atomic E-state index is 0.0508. The maximum absolute atomic E-state index is 12.2. The maximum atomic E-state index is 12.2. The SMILES string of the molecule is Cc1c(Cl)cccc1C(=O)Cc1cncc(Br)c1. The number of Topliss-reactive ketones (excluding diaryl/α,β-unsaturated/α-hetero) is 1. The van der Waals surface area contributed by atoms with Crippen molar-refractivity contribution in [3.05, 3.63) is 62.8 Å². The van der Waals surface area contributed by atoms with Gasteiger partial charge in [0.25, 0.3) is 0 Å². The molecule has 0 aliphatic rings. The Hall–Kier alpha value is -1.19. The molecule has 4 heteroatoms. The number of nitrogens with zero attached hydrogens (tertiary/aromatic N) is 1. The van der Waals surface area contributed by atoms with Crippen molar-refractivity contribution in [1.82, 2.24) is 4.98 Å². The molecule has 0 aliphatic carbocycles. The van der Waals surface area contributed by atoms with Gasteiger partial charge in [0.15, 0.2) is 5.78 Å². The van der Waals surface area contributed by atoms with Gasteiger partial charge in [-0.05, 0) is 46.1 Å². The van der Waals surface area contributed by atoms with Crippen LogP contribution in [0.3, 0.4) is 0 Å². The zero-order valence-electron chi connectivity index (χ0n) is 9.78. The molecule has 0 radical (unpaired) electrons. The molecule has 18 heavy (non-hydrogen) atoms. The number of carbonyl (C=O) groups is 1. The van der Waals surface area contributed by atoms with Gasteiger partial charge in [-0.15, -0.1) is 0 Å². The summed E-state index contributed by atoms with van der Waals surface area (Å²) in [5, 5.41) is 0.619. The summed E-state index contributed by atoms with van der Waals surface area (Å²) in [6, 6.07) is 7.27. The number of hydrogen-bond acceptors (Lipinski definition) is 2. The van der Waals surface area contributed by atoms with Crippen molar-refractivity contribution in [2.24, 2.45) is 0 Å². The second-order valence-electron chi connectivity index (χ2n) is 4.02. The second-order valence-corrected chi connectivity index (χ2v) is 5.35. The molecule has 2 rings (SSSR count). The van der Waals surface area contributed by atoms with Crippen LogP contribution in [0.4, 0.5) is 0 Å². The first kappa shape index (κ1) is 13.2. The van der Waals surface area contributed by atoms with Gasteiger partial charge in [0.2, 0.25) is 0 Å². The van der Waals surface area contributed by atoms with E-state index in [-0.39, 0.29) is 5.78 Å². The summed E-state index contributed by atoms with van der Waals surface area (Å²) in [5.41, 5.74) is 2.38. The van der Waals surface area contributed by atoms with Crippen LogP contribution in [-0.4, -0.2) is 10.8 Å². The molecular weight excluding hydrogens is 314 g/mol. The average molecular weight is 325 g/mol. The van der Waals surface area contributed by atoms with E-state index in [2.05, 4.69) is 20.9 Å². The van der Waals surface area contributed by atoms with Gasteiger partial charge in [-0.3, -0.25) is 9.78 Å². The molecule has 0 atom stereocenters. The summed E-state index contributed by atoms with van der Waals surface area (Å²) in [6.07, 6.45) is 3.72. The lowest BCUT2D eigenvalue weighted by Gasteiger charge is -2.06. The second kappa shape index (κ2) is 5.63. The van der Waals surface area contributed by atoms with Crippen LogP contribution >= 0.6 is 27.5 Å². The topological polar surface area (TPSA) is 30.0 Å². The zero-order valence-corrected chi connectivity index (χ0v) is 12.1. The van der Waals surface area contributed by atoms with Gasteiger partial charge in [0.1, 0.15) is 0 Å². The van der Waals surface area contributed by atoms with E-state index >= 15 is 0 Å². The molecule has 2 aromatic rings. The van der Waals surface area contributed by atoms with E-state index < -0.39 is 0 Å². The fraction of sp³-hybridized carbons (Fsp3) is 0.143. The molecule has 0 spiro atoms. The largest absolute Gasteiger partial charge is 0.294 e. The Morgan fingerprint density at radius 2 is 2.17 bits per heavy atom. The summed E-state index contributed by atoms with van der Waals surface area (Å²) in [7, 11) is 0. The normalized spacial score (nSPS) is 10.4. The van der Waals surface area contributed by atoms with Crippen molar-refractivity contribution in [2.45, 2.75) is 13.3 Å². The molecule has 1 aromatic carbocycles. The lowest BCUT2D eigenvalue weighted by molar-refractivity contribution is 0.0992. The number of aromatic nitrogens is 1. The first-order chi connectivity index (χ1) is 8.58. The highest BCUT2D eigenvalue weighted by atomic mass is 79.9. The highest BCUT2D eigenvalue weighted by molar-refractivity contribution is 9.10. The molecular formula is C14H11BrClNO. The molecule has 0 saturated heterocycles. The van der Waals surface area contributed by atoms with Crippen molar-refractivity contribution in [3.63, 3.8) is 0 Å².